The molecule has 3 aliphatic heterocycles. The van der Waals surface area contributed by atoms with Gasteiger partial charge in [-0.1, -0.05) is 69.6 Å². The SMILES string of the molecule is ClC(Cl)(Cl)C1=NC(C(Cl)(Cl)Cl)=NP(N2CC2)(N2CC2)=N1. The summed E-state index contributed by atoms with van der Waals surface area (Å²) in [4.78, 5) is 4.02. The Bertz CT molecular complexity index is 522. The van der Waals surface area contributed by atoms with Gasteiger partial charge in [0.2, 0.25) is 15.1 Å². The van der Waals surface area contributed by atoms with E-state index < -0.39 is 15.1 Å². The first kappa shape index (κ1) is 16.1. The molecule has 20 heavy (non-hydrogen) atoms. The molecule has 0 spiro atoms. The number of nitrogens with zero attached hydrogens (tertiary/aromatic N) is 5. The van der Waals surface area contributed by atoms with E-state index in [-0.39, 0.29) is 11.7 Å². The second-order valence-electron chi connectivity index (χ2n) is 4.40. The number of rotatable bonds is 2. The van der Waals surface area contributed by atoms with Gasteiger partial charge in [-0.05, 0) is 0 Å². The molecule has 0 saturated carbocycles. The lowest BCUT2D eigenvalue weighted by atomic mass is 10.6. The van der Waals surface area contributed by atoms with Crippen LogP contribution in [0.5, 0.6) is 0 Å². The Labute approximate surface area is 146 Å². The molecule has 3 rings (SSSR count). The zero-order chi connectivity index (χ0) is 14.8. The van der Waals surface area contributed by atoms with Crippen LogP contribution in [0, 0.1) is 0 Å². The van der Waals surface area contributed by atoms with Crippen LogP contribution in [0.2, 0.25) is 0 Å². The monoisotopic (exact) mass is 415 g/mol. The maximum Gasteiger partial charge on any atom is 0.250 e. The molecule has 5 nitrogen and oxygen atoms in total. The minimum absolute atomic E-state index is 0.0194. The normalized spacial score (nSPS) is 26.7. The Balaban J connectivity index is 2.15. The zero-order valence-corrected chi connectivity index (χ0v) is 15.2. The van der Waals surface area contributed by atoms with Gasteiger partial charge in [0.15, 0.2) is 11.7 Å². The summed E-state index contributed by atoms with van der Waals surface area (Å²) in [6.07, 6.45) is 0. The lowest BCUT2D eigenvalue weighted by molar-refractivity contribution is 0.774. The van der Waals surface area contributed by atoms with Crippen LogP contribution >= 0.6 is 77.1 Å². The van der Waals surface area contributed by atoms with Crippen LogP contribution in [-0.2, 0) is 0 Å². The number of amidine groups is 2. The zero-order valence-electron chi connectivity index (χ0n) is 9.78. The highest BCUT2D eigenvalue weighted by Gasteiger charge is 2.50. The molecule has 0 aromatic carbocycles. The van der Waals surface area contributed by atoms with Crippen molar-refractivity contribution in [1.82, 2.24) is 9.34 Å². The van der Waals surface area contributed by atoms with Crippen molar-refractivity contribution < 1.29 is 0 Å². The van der Waals surface area contributed by atoms with E-state index in [1.807, 2.05) is 0 Å². The van der Waals surface area contributed by atoms with Crippen LogP contribution in [0.25, 0.3) is 0 Å². The third-order valence-corrected chi connectivity index (χ3v) is 7.03. The van der Waals surface area contributed by atoms with E-state index in [1.54, 1.807) is 0 Å². The molecule has 0 atom stereocenters. The Hall–Kier alpha value is 1.23. The first-order valence-corrected chi connectivity index (χ1v) is 9.46. The maximum absolute atomic E-state index is 5.91. The highest BCUT2D eigenvalue weighted by Crippen LogP contribution is 2.66. The smallest absolute Gasteiger partial charge is 0.237 e. The van der Waals surface area contributed by atoms with Gasteiger partial charge in [-0.15, -0.1) is 0 Å². The van der Waals surface area contributed by atoms with Crippen molar-refractivity contribution in [1.29, 1.82) is 0 Å². The van der Waals surface area contributed by atoms with Gasteiger partial charge >= 0.3 is 0 Å². The van der Waals surface area contributed by atoms with Gasteiger partial charge in [-0.2, -0.15) is 9.51 Å². The molecular weight excluding hydrogens is 410 g/mol. The van der Waals surface area contributed by atoms with Gasteiger partial charge in [0.25, 0.3) is 0 Å². The maximum atomic E-state index is 5.91. The second-order valence-corrected chi connectivity index (χ2v) is 11.6. The summed E-state index contributed by atoms with van der Waals surface area (Å²) in [6.45, 7) is 3.49. The number of alkyl halides is 6. The summed E-state index contributed by atoms with van der Waals surface area (Å²) < 4.78 is 9.68. The van der Waals surface area contributed by atoms with Gasteiger partial charge in [0, 0.05) is 26.2 Å². The minimum atomic E-state index is -2.37. The van der Waals surface area contributed by atoms with E-state index in [9.17, 15) is 0 Å². The molecule has 0 aromatic rings. The number of halogens is 6. The Morgan fingerprint density at radius 1 is 0.800 bits per heavy atom. The van der Waals surface area contributed by atoms with E-state index in [4.69, 9.17) is 69.6 Å². The minimum Gasteiger partial charge on any atom is -0.237 e. The Kier molecular flexibility index (Phi) is 4.12. The van der Waals surface area contributed by atoms with Crippen LogP contribution in [0.3, 0.4) is 0 Å². The third-order valence-electron chi connectivity index (χ3n) is 2.78. The van der Waals surface area contributed by atoms with E-state index in [0.29, 0.717) is 0 Å². The number of aliphatic imine (C=N–C) groups is 1. The van der Waals surface area contributed by atoms with Crippen LogP contribution < -0.4 is 0 Å². The molecule has 0 N–H and O–H groups in total. The van der Waals surface area contributed by atoms with Gasteiger partial charge in [-0.25, -0.2) is 14.3 Å². The van der Waals surface area contributed by atoms with Gasteiger partial charge in [0.05, 0.1) is 0 Å². The first-order chi connectivity index (χ1) is 9.13. The molecule has 12 heteroatoms. The average Bonchev–Trinajstić information content (AvgIpc) is 3.14. The lowest BCUT2D eigenvalue weighted by Crippen LogP contribution is -2.28. The molecule has 112 valence electrons. The van der Waals surface area contributed by atoms with Crippen molar-refractivity contribution in [3.8, 4) is 0 Å². The molecule has 0 aliphatic carbocycles. The van der Waals surface area contributed by atoms with Gasteiger partial charge in [-0.3, -0.25) is 0 Å². The van der Waals surface area contributed by atoms with Gasteiger partial charge < -0.3 is 0 Å². The van der Waals surface area contributed by atoms with Crippen molar-refractivity contribution >= 4 is 88.8 Å². The molecule has 3 aliphatic rings. The molecule has 0 radical (unpaired) electrons. The highest BCUT2D eigenvalue weighted by molar-refractivity contribution is 7.61. The van der Waals surface area contributed by atoms with Gasteiger partial charge in [0.1, 0.15) is 0 Å². The van der Waals surface area contributed by atoms with Crippen molar-refractivity contribution in [2.24, 2.45) is 14.5 Å². The summed E-state index contributed by atoms with van der Waals surface area (Å²) >= 11 is 35.4. The van der Waals surface area contributed by atoms with E-state index in [1.165, 1.54) is 0 Å². The molecular formula is C8H8Cl6N5P. The Morgan fingerprint density at radius 2 is 1.25 bits per heavy atom. The van der Waals surface area contributed by atoms with Crippen LogP contribution in [0.15, 0.2) is 14.5 Å². The molecule has 0 unspecified atom stereocenters. The van der Waals surface area contributed by atoms with Crippen molar-refractivity contribution in [2.45, 2.75) is 7.59 Å². The lowest BCUT2D eigenvalue weighted by Gasteiger charge is -2.29. The fraction of sp³-hybridized carbons (Fsp3) is 0.750. The standard InChI is InChI=1S/C8H8Cl6N5P/c9-7(10,11)5-15-6(8(12,13)14)17-20(16-5,18-1-2-18)19-3-4-19/h1-4H2. The van der Waals surface area contributed by atoms with E-state index >= 15 is 0 Å². The number of hydrogen-bond acceptors (Lipinski definition) is 5. The largest absolute Gasteiger partial charge is 0.250 e. The average molecular weight is 418 g/mol. The molecule has 0 bridgehead atoms. The fourth-order valence-electron chi connectivity index (χ4n) is 1.72. The topological polar surface area (TPSA) is 43.1 Å². The summed E-state index contributed by atoms with van der Waals surface area (Å²) in [5, 5.41) is 0. The molecule has 0 aromatic heterocycles. The second kappa shape index (κ2) is 5.12. The Morgan fingerprint density at radius 3 is 1.60 bits per heavy atom. The predicted octanol–water partition coefficient (Wildman–Crippen LogP) is 4.11. The third kappa shape index (κ3) is 3.12. The fourth-order valence-corrected chi connectivity index (χ4v) is 5.64. The highest BCUT2D eigenvalue weighted by atomic mass is 35.6. The number of hydrogen-bond donors (Lipinski definition) is 0. The molecule has 0 amide bonds. The van der Waals surface area contributed by atoms with Crippen molar-refractivity contribution in [3.05, 3.63) is 0 Å². The quantitative estimate of drug-likeness (QED) is 0.385. The van der Waals surface area contributed by atoms with Crippen LogP contribution in [0.1, 0.15) is 0 Å². The van der Waals surface area contributed by atoms with Crippen LogP contribution in [-0.4, -0.2) is 54.8 Å². The molecule has 2 saturated heterocycles. The summed E-state index contributed by atoms with van der Waals surface area (Å²) in [7, 11) is -2.37. The van der Waals surface area contributed by atoms with E-state index in [2.05, 4.69) is 23.8 Å². The van der Waals surface area contributed by atoms with Crippen molar-refractivity contribution in [2.75, 3.05) is 26.2 Å². The molecule has 3 heterocycles. The van der Waals surface area contributed by atoms with Crippen LogP contribution in [0.4, 0.5) is 0 Å². The predicted molar refractivity (Wildman–Crippen MR) is 87.9 cm³/mol. The summed E-state index contributed by atoms with van der Waals surface area (Å²) in [6, 6.07) is 0. The van der Waals surface area contributed by atoms with E-state index in [0.717, 1.165) is 26.2 Å². The summed E-state index contributed by atoms with van der Waals surface area (Å²) in [5.74, 6) is 0.0388. The summed E-state index contributed by atoms with van der Waals surface area (Å²) in [5.41, 5.74) is 0. The first-order valence-electron chi connectivity index (χ1n) is 5.59. The molecule has 2 fully saturated rings. The van der Waals surface area contributed by atoms with Crippen molar-refractivity contribution in [3.63, 3.8) is 0 Å².